The first-order valence-electron chi connectivity index (χ1n) is 4.16. The summed E-state index contributed by atoms with van der Waals surface area (Å²) in [5, 5.41) is 0. The van der Waals surface area contributed by atoms with E-state index in [1.54, 1.807) is 6.20 Å². The third-order valence-electron chi connectivity index (χ3n) is 1.53. The topological polar surface area (TPSA) is 26.0 Å². The fourth-order valence-corrected chi connectivity index (χ4v) is 1.69. The lowest BCUT2D eigenvalue weighted by atomic mass is 9.76. The van der Waals surface area contributed by atoms with Crippen molar-refractivity contribution in [3.8, 4) is 0 Å². The zero-order valence-electron chi connectivity index (χ0n) is 8.44. The molecule has 11 heavy (non-hydrogen) atoms. The molecule has 0 saturated carbocycles. The van der Waals surface area contributed by atoms with Gasteiger partial charge in [0.25, 0.3) is 0 Å². The standard InChI is InChI=1S/C10H21N/c1-9(2,3)8-10(4,5)6-7-11/h6-7H,8,11H2,1-5H3/b7-6-. The van der Waals surface area contributed by atoms with Gasteiger partial charge in [0.1, 0.15) is 0 Å². The molecule has 0 aromatic heterocycles. The van der Waals surface area contributed by atoms with Crippen LogP contribution < -0.4 is 5.73 Å². The van der Waals surface area contributed by atoms with Gasteiger partial charge in [0, 0.05) is 0 Å². The highest BCUT2D eigenvalue weighted by Crippen LogP contribution is 2.33. The Morgan fingerprint density at radius 3 is 1.82 bits per heavy atom. The number of nitrogens with two attached hydrogens (primary N) is 1. The summed E-state index contributed by atoms with van der Waals surface area (Å²) in [6, 6.07) is 0. The third kappa shape index (κ3) is 5.96. The summed E-state index contributed by atoms with van der Waals surface area (Å²) in [5.41, 5.74) is 5.96. The normalized spacial score (nSPS) is 14.3. The van der Waals surface area contributed by atoms with Crippen molar-refractivity contribution < 1.29 is 0 Å². The van der Waals surface area contributed by atoms with Gasteiger partial charge in [-0.2, -0.15) is 0 Å². The Labute approximate surface area is 70.7 Å². The van der Waals surface area contributed by atoms with E-state index in [1.165, 1.54) is 0 Å². The van der Waals surface area contributed by atoms with E-state index in [9.17, 15) is 0 Å². The SMILES string of the molecule is CC(C)(C)CC(C)(C)/C=C\N. The van der Waals surface area contributed by atoms with Crippen molar-refractivity contribution in [2.45, 2.75) is 41.0 Å². The molecule has 2 N–H and O–H groups in total. The Bertz CT molecular complexity index is 137. The third-order valence-corrected chi connectivity index (χ3v) is 1.53. The largest absolute Gasteiger partial charge is 0.405 e. The molecule has 0 aliphatic heterocycles. The first-order chi connectivity index (χ1) is 4.77. The van der Waals surface area contributed by atoms with Crippen LogP contribution in [0.1, 0.15) is 41.0 Å². The van der Waals surface area contributed by atoms with Crippen molar-refractivity contribution in [3.05, 3.63) is 12.3 Å². The highest BCUT2D eigenvalue weighted by Gasteiger charge is 2.22. The maximum Gasteiger partial charge on any atom is -0.00976 e. The van der Waals surface area contributed by atoms with E-state index < -0.39 is 0 Å². The minimum Gasteiger partial charge on any atom is -0.405 e. The molecule has 0 bridgehead atoms. The summed E-state index contributed by atoms with van der Waals surface area (Å²) >= 11 is 0. The van der Waals surface area contributed by atoms with Crippen molar-refractivity contribution in [1.29, 1.82) is 0 Å². The molecule has 1 heteroatoms. The van der Waals surface area contributed by atoms with Crippen LogP contribution in [0.2, 0.25) is 0 Å². The van der Waals surface area contributed by atoms with Gasteiger partial charge in [-0.15, -0.1) is 0 Å². The van der Waals surface area contributed by atoms with Crippen molar-refractivity contribution in [1.82, 2.24) is 0 Å². The van der Waals surface area contributed by atoms with Crippen LogP contribution in [0.15, 0.2) is 12.3 Å². The first-order valence-corrected chi connectivity index (χ1v) is 4.16. The lowest BCUT2D eigenvalue weighted by Crippen LogP contribution is -2.18. The van der Waals surface area contributed by atoms with Crippen LogP contribution in [0, 0.1) is 10.8 Å². The smallest absolute Gasteiger partial charge is 0.00976 e. The summed E-state index contributed by atoms with van der Waals surface area (Å²) in [4.78, 5) is 0. The summed E-state index contributed by atoms with van der Waals surface area (Å²) in [7, 11) is 0. The van der Waals surface area contributed by atoms with E-state index in [-0.39, 0.29) is 5.41 Å². The van der Waals surface area contributed by atoms with Crippen molar-refractivity contribution >= 4 is 0 Å². The Hall–Kier alpha value is -0.460. The van der Waals surface area contributed by atoms with Crippen LogP contribution in [0.25, 0.3) is 0 Å². The average Bonchev–Trinajstić information content (AvgIpc) is 1.55. The molecule has 0 aromatic rings. The number of allylic oxidation sites excluding steroid dienone is 1. The highest BCUT2D eigenvalue weighted by atomic mass is 14.5. The number of hydrogen-bond acceptors (Lipinski definition) is 1. The summed E-state index contributed by atoms with van der Waals surface area (Å²) in [6.07, 6.45) is 4.87. The molecule has 0 amide bonds. The fourth-order valence-electron chi connectivity index (χ4n) is 1.69. The molecular weight excluding hydrogens is 134 g/mol. The lowest BCUT2D eigenvalue weighted by Gasteiger charge is -2.29. The predicted molar refractivity (Wildman–Crippen MR) is 51.2 cm³/mol. The van der Waals surface area contributed by atoms with Crippen LogP contribution in [0.5, 0.6) is 0 Å². The first kappa shape index (κ1) is 10.5. The van der Waals surface area contributed by atoms with E-state index in [2.05, 4.69) is 40.7 Å². The van der Waals surface area contributed by atoms with E-state index in [0.717, 1.165) is 6.42 Å². The molecule has 0 unspecified atom stereocenters. The lowest BCUT2D eigenvalue weighted by molar-refractivity contribution is 0.262. The molecule has 0 rings (SSSR count). The molecule has 0 atom stereocenters. The highest BCUT2D eigenvalue weighted by molar-refractivity contribution is 4.94. The van der Waals surface area contributed by atoms with Gasteiger partial charge in [-0.05, 0) is 23.5 Å². The second-order valence-electron chi connectivity index (χ2n) is 5.09. The molecular formula is C10H21N. The molecule has 0 saturated heterocycles. The van der Waals surface area contributed by atoms with Gasteiger partial charge in [0.05, 0.1) is 0 Å². The Kier molecular flexibility index (Phi) is 3.15. The second kappa shape index (κ2) is 3.29. The monoisotopic (exact) mass is 155 g/mol. The molecule has 66 valence electrons. The molecule has 0 spiro atoms. The number of rotatable bonds is 2. The molecule has 0 aromatic carbocycles. The van der Waals surface area contributed by atoms with Gasteiger partial charge in [0.15, 0.2) is 0 Å². The van der Waals surface area contributed by atoms with Crippen LogP contribution in [0.3, 0.4) is 0 Å². The van der Waals surface area contributed by atoms with Crippen LogP contribution >= 0.6 is 0 Å². The molecule has 0 fully saturated rings. The Morgan fingerprint density at radius 1 is 1.09 bits per heavy atom. The Balaban J connectivity index is 4.13. The van der Waals surface area contributed by atoms with Crippen LogP contribution in [-0.2, 0) is 0 Å². The summed E-state index contributed by atoms with van der Waals surface area (Å²) < 4.78 is 0. The van der Waals surface area contributed by atoms with E-state index in [4.69, 9.17) is 5.73 Å². The van der Waals surface area contributed by atoms with Crippen molar-refractivity contribution in [3.63, 3.8) is 0 Å². The number of hydrogen-bond donors (Lipinski definition) is 1. The quantitative estimate of drug-likeness (QED) is 0.652. The van der Waals surface area contributed by atoms with Gasteiger partial charge in [-0.25, -0.2) is 0 Å². The molecule has 1 nitrogen and oxygen atoms in total. The minimum atomic E-state index is 0.229. The maximum atomic E-state index is 5.35. The van der Waals surface area contributed by atoms with Gasteiger partial charge in [0.2, 0.25) is 0 Å². The molecule has 0 radical (unpaired) electrons. The molecule has 0 aliphatic rings. The molecule has 0 aliphatic carbocycles. The zero-order chi connectivity index (χ0) is 9.12. The Morgan fingerprint density at radius 2 is 1.55 bits per heavy atom. The van der Waals surface area contributed by atoms with Gasteiger partial charge in [-0.3, -0.25) is 0 Å². The summed E-state index contributed by atoms with van der Waals surface area (Å²) in [6.45, 7) is 11.2. The van der Waals surface area contributed by atoms with E-state index in [1.807, 2.05) is 0 Å². The zero-order valence-corrected chi connectivity index (χ0v) is 8.44. The van der Waals surface area contributed by atoms with Crippen LogP contribution in [-0.4, -0.2) is 0 Å². The van der Waals surface area contributed by atoms with Crippen LogP contribution in [0.4, 0.5) is 0 Å². The van der Waals surface area contributed by atoms with Gasteiger partial charge >= 0.3 is 0 Å². The average molecular weight is 155 g/mol. The van der Waals surface area contributed by atoms with Gasteiger partial charge in [-0.1, -0.05) is 40.7 Å². The van der Waals surface area contributed by atoms with E-state index in [0.29, 0.717) is 5.41 Å². The molecule has 0 heterocycles. The predicted octanol–water partition coefficient (Wildman–Crippen LogP) is 2.92. The van der Waals surface area contributed by atoms with E-state index >= 15 is 0 Å². The van der Waals surface area contributed by atoms with Gasteiger partial charge < -0.3 is 5.73 Å². The maximum absolute atomic E-state index is 5.35. The summed E-state index contributed by atoms with van der Waals surface area (Å²) in [5.74, 6) is 0. The fraction of sp³-hybridized carbons (Fsp3) is 0.800. The van der Waals surface area contributed by atoms with Crippen molar-refractivity contribution in [2.75, 3.05) is 0 Å². The van der Waals surface area contributed by atoms with Crippen molar-refractivity contribution in [2.24, 2.45) is 16.6 Å². The minimum absolute atomic E-state index is 0.229. The second-order valence-corrected chi connectivity index (χ2v) is 5.09.